The van der Waals surface area contributed by atoms with E-state index in [1.54, 1.807) is 74.7 Å². The molecule has 4 aromatic rings. The summed E-state index contributed by atoms with van der Waals surface area (Å²) in [5.41, 5.74) is 0.578. The highest BCUT2D eigenvalue weighted by Crippen LogP contribution is 2.33. The van der Waals surface area contributed by atoms with Crippen molar-refractivity contribution in [2.75, 3.05) is 32.2 Å². The predicted octanol–water partition coefficient (Wildman–Crippen LogP) is 4.69. The highest BCUT2D eigenvalue weighted by molar-refractivity contribution is 5.92. The van der Waals surface area contributed by atoms with Gasteiger partial charge in [0, 0.05) is 17.8 Å². The summed E-state index contributed by atoms with van der Waals surface area (Å²) in [5.74, 6) is 2.82. The number of carbonyl (C=O) groups is 1. The van der Waals surface area contributed by atoms with Crippen LogP contribution in [0.15, 0.2) is 69.9 Å². The first-order valence-corrected chi connectivity index (χ1v) is 11.2. The van der Waals surface area contributed by atoms with Gasteiger partial charge in [-0.1, -0.05) is 0 Å². The van der Waals surface area contributed by atoms with E-state index in [9.17, 15) is 9.59 Å². The average molecular weight is 489 g/mol. The number of anilines is 1. The van der Waals surface area contributed by atoms with Crippen molar-refractivity contribution in [1.82, 2.24) is 0 Å². The number of fused-ring (bicyclic) bond motifs is 2. The van der Waals surface area contributed by atoms with Crippen LogP contribution in [0.5, 0.6) is 34.5 Å². The van der Waals surface area contributed by atoms with Crippen LogP contribution >= 0.6 is 0 Å². The summed E-state index contributed by atoms with van der Waals surface area (Å²) in [6.45, 7) is 2.37. The van der Waals surface area contributed by atoms with Gasteiger partial charge in [0.2, 0.25) is 11.2 Å². The Bertz CT molecular complexity index is 1480. The van der Waals surface area contributed by atoms with E-state index in [0.29, 0.717) is 64.4 Å². The third-order valence-electron chi connectivity index (χ3n) is 5.46. The molecule has 5 rings (SSSR count). The molecule has 0 aliphatic carbocycles. The van der Waals surface area contributed by atoms with Crippen molar-refractivity contribution in [3.63, 3.8) is 0 Å². The number of methoxy groups -OCH3 is 1. The molecule has 2 heterocycles. The van der Waals surface area contributed by atoms with Gasteiger partial charge >= 0.3 is 0 Å². The van der Waals surface area contributed by atoms with Crippen molar-refractivity contribution >= 4 is 22.6 Å². The first-order chi connectivity index (χ1) is 17.5. The van der Waals surface area contributed by atoms with E-state index >= 15 is 0 Å². The lowest BCUT2D eigenvalue weighted by atomic mass is 10.2. The summed E-state index contributed by atoms with van der Waals surface area (Å²) in [5, 5.41) is 3.09. The lowest BCUT2D eigenvalue weighted by molar-refractivity contribution is -0.118. The van der Waals surface area contributed by atoms with Crippen LogP contribution in [0.25, 0.3) is 11.0 Å². The maximum Gasteiger partial charge on any atom is 0.262 e. The van der Waals surface area contributed by atoms with Crippen LogP contribution in [-0.4, -0.2) is 32.8 Å². The van der Waals surface area contributed by atoms with Crippen molar-refractivity contribution in [2.24, 2.45) is 0 Å². The molecule has 1 aliphatic heterocycles. The largest absolute Gasteiger partial charge is 0.497 e. The van der Waals surface area contributed by atoms with Gasteiger partial charge in [-0.3, -0.25) is 9.59 Å². The zero-order chi connectivity index (χ0) is 25.1. The fourth-order valence-corrected chi connectivity index (χ4v) is 3.70. The quantitative estimate of drug-likeness (QED) is 0.399. The molecule has 0 saturated carbocycles. The van der Waals surface area contributed by atoms with Crippen molar-refractivity contribution in [2.45, 2.75) is 6.92 Å². The number of nitrogens with one attached hydrogen (secondary N) is 1. The third kappa shape index (κ3) is 4.90. The first-order valence-electron chi connectivity index (χ1n) is 11.2. The average Bonchev–Trinajstić information content (AvgIpc) is 2.90. The van der Waals surface area contributed by atoms with Crippen molar-refractivity contribution in [3.8, 4) is 34.5 Å². The smallest absolute Gasteiger partial charge is 0.262 e. The summed E-state index contributed by atoms with van der Waals surface area (Å²) in [6, 6.07) is 16.8. The summed E-state index contributed by atoms with van der Waals surface area (Å²) < 4.78 is 33.4. The topological polar surface area (TPSA) is 105 Å². The van der Waals surface area contributed by atoms with Gasteiger partial charge < -0.3 is 33.4 Å². The molecule has 1 amide bonds. The van der Waals surface area contributed by atoms with Crippen molar-refractivity contribution in [1.29, 1.82) is 0 Å². The molecular formula is C27H23NO8. The molecule has 9 heteroatoms. The molecule has 0 unspecified atom stereocenters. The van der Waals surface area contributed by atoms with E-state index < -0.39 is 0 Å². The van der Waals surface area contributed by atoms with E-state index in [-0.39, 0.29) is 23.7 Å². The molecule has 0 bridgehead atoms. The molecule has 3 aromatic carbocycles. The standard InChI is InChI=1S/C27H23NO8/c1-16-27(36-19-6-4-18(31-2)5-7-19)26(30)21-9-8-20(14-23(21)35-16)34-15-25(29)28-17-3-10-22-24(13-17)33-12-11-32-22/h3-10,13-14H,11-12,15H2,1-2H3,(H,28,29). The van der Waals surface area contributed by atoms with Crippen LogP contribution in [-0.2, 0) is 4.79 Å². The number of hydrogen-bond donors (Lipinski definition) is 1. The Labute approximate surface area is 206 Å². The van der Waals surface area contributed by atoms with Gasteiger partial charge in [0.05, 0.1) is 12.5 Å². The maximum atomic E-state index is 13.0. The molecule has 0 saturated heterocycles. The monoisotopic (exact) mass is 489 g/mol. The number of rotatable bonds is 7. The third-order valence-corrected chi connectivity index (χ3v) is 5.46. The van der Waals surface area contributed by atoms with Gasteiger partial charge in [-0.15, -0.1) is 0 Å². The minimum absolute atomic E-state index is 0.0974. The highest BCUT2D eigenvalue weighted by atomic mass is 16.6. The summed E-state index contributed by atoms with van der Waals surface area (Å²) in [4.78, 5) is 25.4. The van der Waals surface area contributed by atoms with Crippen molar-refractivity contribution in [3.05, 3.63) is 76.6 Å². The zero-order valence-corrected chi connectivity index (χ0v) is 19.7. The normalized spacial score (nSPS) is 12.2. The van der Waals surface area contributed by atoms with Crippen LogP contribution in [0.4, 0.5) is 5.69 Å². The van der Waals surface area contributed by atoms with E-state index in [1.165, 1.54) is 0 Å². The summed E-state index contributed by atoms with van der Waals surface area (Å²) in [6.07, 6.45) is 0. The molecule has 0 radical (unpaired) electrons. The number of ether oxygens (including phenoxy) is 5. The molecule has 1 aromatic heterocycles. The molecule has 0 spiro atoms. The first kappa shape index (κ1) is 23.1. The number of amides is 1. The van der Waals surface area contributed by atoms with Crippen LogP contribution in [0.1, 0.15) is 5.76 Å². The SMILES string of the molecule is COc1ccc(Oc2c(C)oc3cc(OCC(=O)Nc4ccc5c(c4)OCCO5)ccc3c2=O)cc1. The molecule has 36 heavy (non-hydrogen) atoms. The second-order valence-corrected chi connectivity index (χ2v) is 7.95. The molecular weight excluding hydrogens is 466 g/mol. The molecule has 1 N–H and O–H groups in total. The fourth-order valence-electron chi connectivity index (χ4n) is 3.70. The highest BCUT2D eigenvalue weighted by Gasteiger charge is 2.16. The molecule has 9 nitrogen and oxygen atoms in total. The van der Waals surface area contributed by atoms with E-state index in [2.05, 4.69) is 5.32 Å². The molecule has 0 atom stereocenters. The zero-order valence-electron chi connectivity index (χ0n) is 19.7. The number of benzene rings is 3. The van der Waals surface area contributed by atoms with Crippen molar-refractivity contribution < 1.29 is 32.9 Å². The van der Waals surface area contributed by atoms with Crippen LogP contribution in [0.2, 0.25) is 0 Å². The van der Waals surface area contributed by atoms with Crippen LogP contribution in [0, 0.1) is 6.92 Å². The van der Waals surface area contributed by atoms with Gasteiger partial charge in [0.25, 0.3) is 5.91 Å². The Hall–Kier alpha value is -4.66. The molecule has 0 fully saturated rings. The number of aryl methyl sites for hydroxylation is 1. The minimum atomic E-state index is -0.354. The minimum Gasteiger partial charge on any atom is -0.497 e. The summed E-state index contributed by atoms with van der Waals surface area (Å²) >= 11 is 0. The number of carbonyl (C=O) groups excluding carboxylic acids is 1. The predicted molar refractivity (Wildman–Crippen MR) is 132 cm³/mol. The Balaban J connectivity index is 1.27. The Morgan fingerprint density at radius 1 is 0.917 bits per heavy atom. The fraction of sp³-hybridized carbons (Fsp3) is 0.185. The van der Waals surface area contributed by atoms with E-state index in [4.69, 9.17) is 28.1 Å². The van der Waals surface area contributed by atoms with Crippen LogP contribution < -0.4 is 34.4 Å². The van der Waals surface area contributed by atoms with Gasteiger partial charge in [0.15, 0.2) is 18.1 Å². The lowest BCUT2D eigenvalue weighted by Gasteiger charge is -2.19. The second-order valence-electron chi connectivity index (χ2n) is 7.95. The maximum absolute atomic E-state index is 13.0. The van der Waals surface area contributed by atoms with E-state index in [1.807, 2.05) is 0 Å². The Morgan fingerprint density at radius 3 is 2.42 bits per heavy atom. The second kappa shape index (κ2) is 9.91. The summed E-state index contributed by atoms with van der Waals surface area (Å²) in [7, 11) is 1.57. The van der Waals surface area contributed by atoms with E-state index in [0.717, 1.165) is 0 Å². The van der Waals surface area contributed by atoms with Gasteiger partial charge in [-0.05, 0) is 55.5 Å². The molecule has 184 valence electrons. The van der Waals surface area contributed by atoms with Crippen LogP contribution in [0.3, 0.4) is 0 Å². The van der Waals surface area contributed by atoms with Gasteiger partial charge in [-0.2, -0.15) is 0 Å². The lowest BCUT2D eigenvalue weighted by Crippen LogP contribution is -2.21. The Kier molecular flexibility index (Phi) is 6.36. The molecule has 1 aliphatic rings. The number of hydrogen-bond acceptors (Lipinski definition) is 8. The Morgan fingerprint density at radius 2 is 1.64 bits per heavy atom. The van der Waals surface area contributed by atoms with Gasteiger partial charge in [0.1, 0.15) is 41.8 Å². The van der Waals surface area contributed by atoms with Gasteiger partial charge in [-0.25, -0.2) is 0 Å².